The molecule has 0 saturated heterocycles. The summed E-state index contributed by atoms with van der Waals surface area (Å²) in [5.74, 6) is 0. The molecule has 2 saturated carbocycles. The van der Waals surface area contributed by atoms with E-state index < -0.39 is 0 Å². The molecule has 2 rings (SSSR count). The van der Waals surface area contributed by atoms with Crippen LogP contribution in [0.1, 0.15) is 98.3 Å². The summed E-state index contributed by atoms with van der Waals surface area (Å²) in [5.41, 5.74) is 14.5. The van der Waals surface area contributed by atoms with Gasteiger partial charge in [-0.3, -0.25) is 0 Å². The van der Waals surface area contributed by atoms with E-state index in [1.165, 1.54) is 57.8 Å². The van der Waals surface area contributed by atoms with Crippen molar-refractivity contribution in [1.82, 2.24) is 0 Å². The molecule has 2 fully saturated rings. The molecule has 0 aliphatic heterocycles. The van der Waals surface area contributed by atoms with Crippen molar-refractivity contribution in [2.45, 2.75) is 109 Å². The molecular formula is C19H38N2. The average molecular weight is 295 g/mol. The van der Waals surface area contributed by atoms with Crippen molar-refractivity contribution in [3.63, 3.8) is 0 Å². The summed E-state index contributed by atoms with van der Waals surface area (Å²) in [7, 11) is 0. The van der Waals surface area contributed by atoms with Gasteiger partial charge >= 0.3 is 0 Å². The van der Waals surface area contributed by atoms with Crippen LogP contribution in [0.2, 0.25) is 0 Å². The van der Waals surface area contributed by atoms with Gasteiger partial charge in [-0.1, -0.05) is 59.8 Å². The van der Waals surface area contributed by atoms with E-state index in [1.807, 2.05) is 0 Å². The van der Waals surface area contributed by atoms with Crippen molar-refractivity contribution in [3.05, 3.63) is 0 Å². The minimum atomic E-state index is -0.0557. The molecule has 0 amide bonds. The van der Waals surface area contributed by atoms with Gasteiger partial charge in [-0.25, -0.2) is 0 Å². The first-order valence-corrected chi connectivity index (χ1v) is 9.23. The van der Waals surface area contributed by atoms with Gasteiger partial charge in [-0.2, -0.15) is 0 Å². The number of rotatable bonds is 4. The third-order valence-electron chi connectivity index (χ3n) is 6.46. The first kappa shape index (κ1) is 17.3. The van der Waals surface area contributed by atoms with Gasteiger partial charge in [0.2, 0.25) is 0 Å². The SMILES string of the molecule is CCC1(CC)CC(C)(C)CC(N)(CC2(N)CCCCC2)C1. The maximum Gasteiger partial charge on any atom is 0.0182 e. The van der Waals surface area contributed by atoms with Crippen molar-refractivity contribution in [3.8, 4) is 0 Å². The summed E-state index contributed by atoms with van der Waals surface area (Å²) in [5, 5.41) is 0. The maximum absolute atomic E-state index is 7.00. The van der Waals surface area contributed by atoms with Crippen LogP contribution in [0, 0.1) is 10.8 Å². The van der Waals surface area contributed by atoms with E-state index >= 15 is 0 Å². The Morgan fingerprint density at radius 2 is 1.33 bits per heavy atom. The van der Waals surface area contributed by atoms with Gasteiger partial charge in [0.25, 0.3) is 0 Å². The van der Waals surface area contributed by atoms with Crippen LogP contribution in [0.15, 0.2) is 0 Å². The van der Waals surface area contributed by atoms with Crippen LogP contribution in [0.4, 0.5) is 0 Å². The molecule has 21 heavy (non-hydrogen) atoms. The Hall–Kier alpha value is -0.0800. The minimum absolute atomic E-state index is 0.00758. The lowest BCUT2D eigenvalue weighted by atomic mass is 9.53. The van der Waals surface area contributed by atoms with Gasteiger partial charge in [0.05, 0.1) is 0 Å². The second kappa shape index (κ2) is 5.85. The summed E-state index contributed by atoms with van der Waals surface area (Å²) < 4.78 is 0. The van der Waals surface area contributed by atoms with Crippen molar-refractivity contribution < 1.29 is 0 Å². The highest BCUT2D eigenvalue weighted by atomic mass is 14.8. The topological polar surface area (TPSA) is 52.0 Å². The standard InChI is InChI=1S/C19H38N2/c1-5-17(6-2)12-16(3,4)13-19(21,14-17)15-18(20)10-8-7-9-11-18/h5-15,20-21H2,1-4H3. The van der Waals surface area contributed by atoms with Crippen LogP contribution in [0.25, 0.3) is 0 Å². The third kappa shape index (κ3) is 4.01. The Morgan fingerprint density at radius 1 is 0.762 bits per heavy atom. The van der Waals surface area contributed by atoms with E-state index in [-0.39, 0.29) is 11.1 Å². The molecule has 0 spiro atoms. The Kier molecular flexibility index (Phi) is 4.81. The highest BCUT2D eigenvalue weighted by Crippen LogP contribution is 2.55. The smallest absolute Gasteiger partial charge is 0.0182 e. The lowest BCUT2D eigenvalue weighted by Gasteiger charge is -2.55. The average Bonchev–Trinajstić information content (AvgIpc) is 2.35. The third-order valence-corrected chi connectivity index (χ3v) is 6.46. The second-order valence-electron chi connectivity index (χ2n) is 9.36. The molecule has 2 heteroatoms. The maximum atomic E-state index is 7.00. The van der Waals surface area contributed by atoms with E-state index in [0.717, 1.165) is 12.8 Å². The van der Waals surface area contributed by atoms with Crippen LogP contribution in [0.3, 0.4) is 0 Å². The van der Waals surface area contributed by atoms with Gasteiger partial charge in [0.1, 0.15) is 0 Å². The lowest BCUT2D eigenvalue weighted by Crippen LogP contribution is -2.59. The molecule has 1 atom stereocenters. The van der Waals surface area contributed by atoms with Gasteiger partial charge in [-0.15, -0.1) is 0 Å². The van der Waals surface area contributed by atoms with E-state index in [9.17, 15) is 0 Å². The zero-order chi connectivity index (χ0) is 15.8. The van der Waals surface area contributed by atoms with Gasteiger partial charge in [0, 0.05) is 11.1 Å². The second-order valence-corrected chi connectivity index (χ2v) is 9.36. The first-order chi connectivity index (χ1) is 9.66. The predicted molar refractivity (Wildman–Crippen MR) is 92.2 cm³/mol. The summed E-state index contributed by atoms with van der Waals surface area (Å²) in [6.45, 7) is 9.53. The summed E-state index contributed by atoms with van der Waals surface area (Å²) in [4.78, 5) is 0. The van der Waals surface area contributed by atoms with Gasteiger partial charge < -0.3 is 11.5 Å². The van der Waals surface area contributed by atoms with E-state index in [2.05, 4.69) is 27.7 Å². The molecule has 0 aromatic heterocycles. The van der Waals surface area contributed by atoms with E-state index in [4.69, 9.17) is 11.5 Å². The van der Waals surface area contributed by atoms with Crippen molar-refractivity contribution in [2.75, 3.05) is 0 Å². The van der Waals surface area contributed by atoms with Crippen molar-refractivity contribution in [2.24, 2.45) is 22.3 Å². The van der Waals surface area contributed by atoms with Crippen LogP contribution in [-0.4, -0.2) is 11.1 Å². The zero-order valence-electron chi connectivity index (χ0n) is 14.9. The van der Waals surface area contributed by atoms with Crippen molar-refractivity contribution in [1.29, 1.82) is 0 Å². The van der Waals surface area contributed by atoms with Crippen LogP contribution < -0.4 is 11.5 Å². The highest BCUT2D eigenvalue weighted by molar-refractivity contribution is 5.07. The molecule has 124 valence electrons. The normalized spacial score (nSPS) is 34.6. The molecule has 0 aromatic rings. The van der Waals surface area contributed by atoms with Crippen LogP contribution in [0.5, 0.6) is 0 Å². The van der Waals surface area contributed by atoms with E-state index in [0.29, 0.717) is 10.8 Å². The molecule has 2 aliphatic carbocycles. The molecule has 2 nitrogen and oxygen atoms in total. The summed E-state index contributed by atoms with van der Waals surface area (Å²) in [6.07, 6.45) is 13.5. The number of hydrogen-bond donors (Lipinski definition) is 2. The van der Waals surface area contributed by atoms with Crippen molar-refractivity contribution >= 4 is 0 Å². The fourth-order valence-corrected chi connectivity index (χ4v) is 5.91. The fourth-order valence-electron chi connectivity index (χ4n) is 5.91. The quantitative estimate of drug-likeness (QED) is 0.786. The minimum Gasteiger partial charge on any atom is -0.325 e. The molecule has 0 aromatic carbocycles. The van der Waals surface area contributed by atoms with Gasteiger partial charge in [0.15, 0.2) is 0 Å². The Balaban J connectivity index is 2.19. The zero-order valence-corrected chi connectivity index (χ0v) is 14.9. The fraction of sp³-hybridized carbons (Fsp3) is 1.00. The molecule has 0 bridgehead atoms. The Bertz CT molecular complexity index is 351. The van der Waals surface area contributed by atoms with Crippen LogP contribution >= 0.6 is 0 Å². The Labute approximate surface area is 132 Å². The Morgan fingerprint density at radius 3 is 1.86 bits per heavy atom. The number of nitrogens with two attached hydrogens (primary N) is 2. The van der Waals surface area contributed by atoms with Crippen LogP contribution in [-0.2, 0) is 0 Å². The monoisotopic (exact) mass is 294 g/mol. The largest absolute Gasteiger partial charge is 0.325 e. The summed E-state index contributed by atoms with van der Waals surface area (Å²) in [6, 6.07) is 0. The first-order valence-electron chi connectivity index (χ1n) is 9.23. The highest BCUT2D eigenvalue weighted by Gasteiger charge is 2.50. The molecular weight excluding hydrogens is 256 g/mol. The molecule has 1 unspecified atom stereocenters. The lowest BCUT2D eigenvalue weighted by molar-refractivity contribution is 0.00214. The molecule has 2 aliphatic rings. The van der Waals surface area contributed by atoms with E-state index in [1.54, 1.807) is 0 Å². The predicted octanol–water partition coefficient (Wildman–Crippen LogP) is 4.75. The molecule has 4 N–H and O–H groups in total. The molecule has 0 heterocycles. The van der Waals surface area contributed by atoms with Gasteiger partial charge in [-0.05, 0) is 49.4 Å². The number of hydrogen-bond acceptors (Lipinski definition) is 2. The molecule has 0 radical (unpaired) electrons. The summed E-state index contributed by atoms with van der Waals surface area (Å²) >= 11 is 0.